The predicted molar refractivity (Wildman–Crippen MR) is 80.9 cm³/mol. The average Bonchev–Trinajstić information content (AvgIpc) is 2.98. The molecule has 0 aromatic heterocycles. The van der Waals surface area contributed by atoms with E-state index < -0.39 is 4.92 Å². The number of hydrogen-bond donors (Lipinski definition) is 1. The summed E-state index contributed by atoms with van der Waals surface area (Å²) in [5.41, 5.74) is 0.782. The van der Waals surface area contributed by atoms with Gasteiger partial charge in [0.1, 0.15) is 5.75 Å². The molecule has 6 nitrogen and oxygen atoms in total. The van der Waals surface area contributed by atoms with Crippen LogP contribution in [-0.2, 0) is 4.74 Å². The van der Waals surface area contributed by atoms with Crippen molar-refractivity contribution in [1.82, 2.24) is 0 Å². The van der Waals surface area contributed by atoms with E-state index in [-0.39, 0.29) is 5.69 Å². The lowest BCUT2D eigenvalue weighted by atomic mass is 10.1. The molecule has 1 aromatic rings. The number of nitrogens with zero attached hydrogens (tertiary/aromatic N) is 1. The minimum Gasteiger partial charge on any atom is -0.493 e. The van der Waals surface area contributed by atoms with Gasteiger partial charge in [0, 0.05) is 37.6 Å². The van der Waals surface area contributed by atoms with Gasteiger partial charge < -0.3 is 14.8 Å². The van der Waals surface area contributed by atoms with Crippen LogP contribution < -0.4 is 10.1 Å². The number of non-ortho nitro benzene ring substituents is 1. The van der Waals surface area contributed by atoms with Crippen LogP contribution in [0.2, 0.25) is 0 Å². The second kappa shape index (κ2) is 7.83. The van der Waals surface area contributed by atoms with Gasteiger partial charge in [-0.3, -0.25) is 10.1 Å². The van der Waals surface area contributed by atoms with Crippen LogP contribution >= 0.6 is 0 Å². The molecule has 21 heavy (non-hydrogen) atoms. The maximum atomic E-state index is 11.0. The van der Waals surface area contributed by atoms with Gasteiger partial charge in [-0.15, -0.1) is 0 Å². The van der Waals surface area contributed by atoms with Crippen LogP contribution in [0, 0.1) is 16.0 Å². The average molecular weight is 294 g/mol. The molecule has 116 valence electrons. The van der Waals surface area contributed by atoms with Crippen molar-refractivity contribution in [1.29, 1.82) is 0 Å². The van der Waals surface area contributed by atoms with Gasteiger partial charge in [-0.25, -0.2) is 0 Å². The van der Waals surface area contributed by atoms with E-state index in [2.05, 4.69) is 5.32 Å². The summed E-state index contributed by atoms with van der Waals surface area (Å²) in [6.07, 6.45) is 2.97. The fraction of sp³-hybridized carbons (Fsp3) is 0.600. The first kappa shape index (κ1) is 15.6. The fourth-order valence-corrected chi connectivity index (χ4v) is 2.33. The summed E-state index contributed by atoms with van der Waals surface area (Å²) >= 11 is 0. The maximum absolute atomic E-state index is 11.0. The van der Waals surface area contributed by atoms with Gasteiger partial charge in [0.25, 0.3) is 5.69 Å². The van der Waals surface area contributed by atoms with Crippen molar-refractivity contribution in [3.8, 4) is 5.75 Å². The maximum Gasteiger partial charge on any atom is 0.275 e. The molecular formula is C15H22N2O4. The van der Waals surface area contributed by atoms with E-state index >= 15 is 0 Å². The van der Waals surface area contributed by atoms with Gasteiger partial charge in [0.15, 0.2) is 0 Å². The standard InChI is InChI=1S/C15H22N2O4/c1-2-6-21-15-9-13(8-14(10-15)17(18)19)16-5-3-12-4-7-20-11-12/h8-10,12,16H,2-7,11H2,1H3. The molecule has 0 saturated carbocycles. The molecule has 6 heteroatoms. The zero-order chi connectivity index (χ0) is 15.1. The van der Waals surface area contributed by atoms with Crippen molar-refractivity contribution < 1.29 is 14.4 Å². The van der Waals surface area contributed by atoms with Crippen LogP contribution in [0.5, 0.6) is 5.75 Å². The Labute approximate surface area is 124 Å². The second-order valence-electron chi connectivity index (χ2n) is 5.27. The highest BCUT2D eigenvalue weighted by Gasteiger charge is 2.15. The molecule has 1 aromatic carbocycles. The Morgan fingerprint density at radius 2 is 2.33 bits per heavy atom. The largest absolute Gasteiger partial charge is 0.493 e. The highest BCUT2D eigenvalue weighted by Crippen LogP contribution is 2.26. The summed E-state index contributed by atoms with van der Waals surface area (Å²) in [6.45, 7) is 5.00. The van der Waals surface area contributed by atoms with E-state index in [1.807, 2.05) is 13.0 Å². The molecule has 1 fully saturated rings. The summed E-state index contributed by atoms with van der Waals surface area (Å²) in [7, 11) is 0. The number of ether oxygens (including phenoxy) is 2. The topological polar surface area (TPSA) is 73.6 Å². The number of nitro groups is 1. The monoisotopic (exact) mass is 294 g/mol. The lowest BCUT2D eigenvalue weighted by Gasteiger charge is -2.11. The molecule has 0 bridgehead atoms. The molecule has 0 aliphatic carbocycles. The third-order valence-electron chi connectivity index (χ3n) is 3.48. The summed E-state index contributed by atoms with van der Waals surface area (Å²) in [5.74, 6) is 1.13. The van der Waals surface area contributed by atoms with Gasteiger partial charge in [-0.05, 0) is 25.2 Å². The molecule has 0 radical (unpaired) electrons. The Balaban J connectivity index is 1.95. The Bertz CT molecular complexity index is 473. The summed E-state index contributed by atoms with van der Waals surface area (Å²) < 4.78 is 10.8. The lowest BCUT2D eigenvalue weighted by molar-refractivity contribution is -0.384. The second-order valence-corrected chi connectivity index (χ2v) is 5.27. The van der Waals surface area contributed by atoms with Crippen LogP contribution in [0.15, 0.2) is 18.2 Å². The molecule has 1 N–H and O–H groups in total. The Hall–Kier alpha value is -1.82. The zero-order valence-electron chi connectivity index (χ0n) is 12.3. The summed E-state index contributed by atoms with van der Waals surface area (Å²) in [4.78, 5) is 10.6. The Kier molecular flexibility index (Phi) is 5.80. The van der Waals surface area contributed by atoms with Crippen LogP contribution in [0.25, 0.3) is 0 Å². The zero-order valence-corrected chi connectivity index (χ0v) is 12.3. The number of anilines is 1. The molecule has 0 amide bonds. The van der Waals surface area contributed by atoms with Gasteiger partial charge in [-0.2, -0.15) is 0 Å². The minimum absolute atomic E-state index is 0.0512. The van der Waals surface area contributed by atoms with Crippen LogP contribution in [0.1, 0.15) is 26.2 Å². The highest BCUT2D eigenvalue weighted by molar-refractivity contribution is 5.56. The van der Waals surface area contributed by atoms with E-state index in [9.17, 15) is 10.1 Å². The van der Waals surface area contributed by atoms with E-state index in [0.29, 0.717) is 18.3 Å². The van der Waals surface area contributed by atoms with Gasteiger partial charge in [-0.1, -0.05) is 6.92 Å². The van der Waals surface area contributed by atoms with Crippen LogP contribution in [0.4, 0.5) is 11.4 Å². The highest BCUT2D eigenvalue weighted by atomic mass is 16.6. The first-order chi connectivity index (χ1) is 10.2. The van der Waals surface area contributed by atoms with Crippen molar-refractivity contribution in [3.05, 3.63) is 28.3 Å². The Morgan fingerprint density at radius 3 is 3.00 bits per heavy atom. The third-order valence-corrected chi connectivity index (χ3v) is 3.48. The lowest BCUT2D eigenvalue weighted by Crippen LogP contribution is -2.09. The third kappa shape index (κ3) is 4.90. The van der Waals surface area contributed by atoms with Crippen LogP contribution in [-0.4, -0.2) is 31.3 Å². The van der Waals surface area contributed by atoms with Crippen LogP contribution in [0.3, 0.4) is 0 Å². The molecule has 1 atom stereocenters. The van der Waals surface area contributed by atoms with Gasteiger partial charge in [0.2, 0.25) is 0 Å². The SMILES string of the molecule is CCCOc1cc(NCCC2CCOC2)cc([N+](=O)[O-])c1. The van der Waals surface area contributed by atoms with Crippen molar-refractivity contribution in [2.45, 2.75) is 26.2 Å². The first-order valence-corrected chi connectivity index (χ1v) is 7.43. The quantitative estimate of drug-likeness (QED) is 0.588. The fourth-order valence-electron chi connectivity index (χ4n) is 2.33. The van der Waals surface area contributed by atoms with Crippen molar-refractivity contribution in [2.75, 3.05) is 31.7 Å². The normalized spacial score (nSPS) is 17.7. The Morgan fingerprint density at radius 1 is 1.48 bits per heavy atom. The molecule has 0 spiro atoms. The molecular weight excluding hydrogens is 272 g/mol. The van der Waals surface area contributed by atoms with E-state index in [1.54, 1.807) is 6.07 Å². The summed E-state index contributed by atoms with van der Waals surface area (Å²) in [6, 6.07) is 4.82. The molecule has 1 heterocycles. The number of nitro benzene ring substituents is 1. The first-order valence-electron chi connectivity index (χ1n) is 7.43. The van der Waals surface area contributed by atoms with Gasteiger partial charge in [0.05, 0.1) is 17.6 Å². The molecule has 1 aliphatic rings. The molecule has 1 aliphatic heterocycles. The minimum atomic E-state index is -0.394. The smallest absolute Gasteiger partial charge is 0.275 e. The molecule has 2 rings (SSSR count). The number of hydrogen-bond acceptors (Lipinski definition) is 5. The molecule has 1 unspecified atom stereocenters. The number of benzene rings is 1. The predicted octanol–water partition coefficient (Wildman–Crippen LogP) is 3.22. The molecule has 1 saturated heterocycles. The van der Waals surface area contributed by atoms with E-state index in [1.165, 1.54) is 6.07 Å². The van der Waals surface area contributed by atoms with E-state index in [0.717, 1.165) is 44.7 Å². The van der Waals surface area contributed by atoms with Crippen molar-refractivity contribution in [2.24, 2.45) is 5.92 Å². The number of nitrogens with one attached hydrogen (secondary N) is 1. The number of rotatable bonds is 8. The van der Waals surface area contributed by atoms with Gasteiger partial charge >= 0.3 is 0 Å². The van der Waals surface area contributed by atoms with E-state index in [4.69, 9.17) is 9.47 Å². The summed E-state index contributed by atoms with van der Waals surface area (Å²) in [5, 5.41) is 14.2. The van der Waals surface area contributed by atoms with Crippen molar-refractivity contribution >= 4 is 11.4 Å². The van der Waals surface area contributed by atoms with Crippen molar-refractivity contribution in [3.63, 3.8) is 0 Å².